The average molecular weight is 295 g/mol. The first-order valence-electron chi connectivity index (χ1n) is 7.42. The van der Waals surface area contributed by atoms with Crippen molar-refractivity contribution < 1.29 is 4.74 Å². The molecule has 0 unspecified atom stereocenters. The summed E-state index contributed by atoms with van der Waals surface area (Å²) in [5.41, 5.74) is 3.79. The van der Waals surface area contributed by atoms with E-state index in [0.717, 1.165) is 43.2 Å². The summed E-state index contributed by atoms with van der Waals surface area (Å²) in [7, 11) is 0. The van der Waals surface area contributed by atoms with Crippen LogP contribution < -0.4 is 4.90 Å². The van der Waals surface area contributed by atoms with Crippen LogP contribution in [0.15, 0.2) is 30.6 Å². The van der Waals surface area contributed by atoms with Gasteiger partial charge in [0.15, 0.2) is 17.3 Å². The number of anilines is 1. The van der Waals surface area contributed by atoms with Crippen molar-refractivity contribution in [2.24, 2.45) is 0 Å². The molecular formula is C16H17N5O. The molecule has 0 amide bonds. The molecule has 6 heteroatoms. The number of hydrogen-bond donors (Lipinski definition) is 1. The number of imidazole rings is 1. The number of aromatic amines is 1. The molecule has 22 heavy (non-hydrogen) atoms. The van der Waals surface area contributed by atoms with E-state index in [1.54, 1.807) is 6.33 Å². The van der Waals surface area contributed by atoms with Gasteiger partial charge in [0.1, 0.15) is 5.52 Å². The van der Waals surface area contributed by atoms with Crippen molar-refractivity contribution in [1.82, 2.24) is 19.9 Å². The first-order valence-corrected chi connectivity index (χ1v) is 7.42. The molecule has 0 radical (unpaired) electrons. The SMILES string of the molecule is Cc1cccc(-c2nc(N3CCOCC3)c3[nH]cnc3n2)c1. The molecular weight excluding hydrogens is 278 g/mol. The second-order valence-electron chi connectivity index (χ2n) is 5.44. The highest BCUT2D eigenvalue weighted by molar-refractivity contribution is 5.85. The van der Waals surface area contributed by atoms with Gasteiger partial charge in [0, 0.05) is 18.7 Å². The number of nitrogens with one attached hydrogen (secondary N) is 1. The monoisotopic (exact) mass is 295 g/mol. The van der Waals surface area contributed by atoms with E-state index < -0.39 is 0 Å². The summed E-state index contributed by atoms with van der Waals surface area (Å²) in [6, 6.07) is 8.22. The number of nitrogens with zero attached hydrogens (tertiary/aromatic N) is 4. The predicted molar refractivity (Wildman–Crippen MR) is 84.9 cm³/mol. The number of benzene rings is 1. The lowest BCUT2D eigenvalue weighted by Crippen LogP contribution is -2.37. The number of rotatable bonds is 2. The fourth-order valence-corrected chi connectivity index (χ4v) is 2.74. The molecule has 0 saturated carbocycles. The number of hydrogen-bond acceptors (Lipinski definition) is 5. The summed E-state index contributed by atoms with van der Waals surface area (Å²) in [6.45, 7) is 5.18. The van der Waals surface area contributed by atoms with Gasteiger partial charge in [-0.3, -0.25) is 0 Å². The highest BCUT2D eigenvalue weighted by Gasteiger charge is 2.19. The van der Waals surface area contributed by atoms with Crippen LogP contribution in [0.5, 0.6) is 0 Å². The first kappa shape index (κ1) is 13.2. The minimum Gasteiger partial charge on any atom is -0.378 e. The fraction of sp³-hybridized carbons (Fsp3) is 0.312. The minimum atomic E-state index is 0.702. The Morgan fingerprint density at radius 1 is 1.18 bits per heavy atom. The summed E-state index contributed by atoms with van der Waals surface area (Å²) in [4.78, 5) is 19.1. The lowest BCUT2D eigenvalue weighted by Gasteiger charge is -2.28. The summed E-state index contributed by atoms with van der Waals surface area (Å²) in [6.07, 6.45) is 1.67. The Labute approximate surface area is 128 Å². The first-order chi connectivity index (χ1) is 10.8. The van der Waals surface area contributed by atoms with E-state index in [-0.39, 0.29) is 0 Å². The molecule has 3 heterocycles. The van der Waals surface area contributed by atoms with E-state index in [1.807, 2.05) is 12.1 Å². The van der Waals surface area contributed by atoms with Crippen molar-refractivity contribution in [3.63, 3.8) is 0 Å². The summed E-state index contributed by atoms with van der Waals surface area (Å²) in [5, 5.41) is 0. The zero-order chi connectivity index (χ0) is 14.9. The highest BCUT2D eigenvalue weighted by atomic mass is 16.5. The smallest absolute Gasteiger partial charge is 0.183 e. The normalized spacial score (nSPS) is 15.4. The Morgan fingerprint density at radius 3 is 2.86 bits per heavy atom. The van der Waals surface area contributed by atoms with Crippen molar-refractivity contribution in [2.75, 3.05) is 31.2 Å². The van der Waals surface area contributed by atoms with E-state index in [0.29, 0.717) is 11.5 Å². The molecule has 1 fully saturated rings. The number of fused-ring (bicyclic) bond motifs is 1. The van der Waals surface area contributed by atoms with E-state index in [1.165, 1.54) is 5.56 Å². The largest absolute Gasteiger partial charge is 0.378 e. The number of morpholine rings is 1. The van der Waals surface area contributed by atoms with Gasteiger partial charge in [-0.1, -0.05) is 23.8 Å². The Balaban J connectivity index is 1.86. The molecule has 0 atom stereocenters. The van der Waals surface area contributed by atoms with Crippen LogP contribution in [0.4, 0.5) is 5.82 Å². The third kappa shape index (κ3) is 2.31. The maximum atomic E-state index is 5.43. The third-order valence-corrected chi connectivity index (χ3v) is 3.85. The standard InChI is InChI=1S/C16H17N5O/c1-11-3-2-4-12(9-11)14-19-15-13(17-10-18-15)16(20-14)21-5-7-22-8-6-21/h2-4,9-10H,5-8H2,1H3,(H,17,18,19,20). The number of H-pyrrole nitrogens is 1. The van der Waals surface area contributed by atoms with Crippen LogP contribution in [0.1, 0.15) is 5.56 Å². The van der Waals surface area contributed by atoms with Crippen LogP contribution in [0.2, 0.25) is 0 Å². The van der Waals surface area contributed by atoms with Crippen molar-refractivity contribution in [3.05, 3.63) is 36.2 Å². The van der Waals surface area contributed by atoms with Gasteiger partial charge in [0.05, 0.1) is 19.5 Å². The molecule has 1 N–H and O–H groups in total. The van der Waals surface area contributed by atoms with Crippen molar-refractivity contribution in [3.8, 4) is 11.4 Å². The summed E-state index contributed by atoms with van der Waals surface area (Å²) in [5.74, 6) is 1.62. The topological polar surface area (TPSA) is 66.9 Å². The van der Waals surface area contributed by atoms with E-state index in [9.17, 15) is 0 Å². The molecule has 4 rings (SSSR count). The van der Waals surface area contributed by atoms with Gasteiger partial charge < -0.3 is 14.6 Å². The molecule has 1 aliphatic heterocycles. The minimum absolute atomic E-state index is 0.702. The molecule has 1 aliphatic rings. The quantitative estimate of drug-likeness (QED) is 0.785. The van der Waals surface area contributed by atoms with E-state index >= 15 is 0 Å². The van der Waals surface area contributed by atoms with Crippen molar-refractivity contribution in [1.29, 1.82) is 0 Å². The Morgan fingerprint density at radius 2 is 2.05 bits per heavy atom. The van der Waals surface area contributed by atoms with Crippen LogP contribution in [0.25, 0.3) is 22.6 Å². The maximum Gasteiger partial charge on any atom is 0.183 e. The Kier molecular flexibility index (Phi) is 3.23. The molecule has 112 valence electrons. The van der Waals surface area contributed by atoms with Gasteiger partial charge in [-0.25, -0.2) is 15.0 Å². The summed E-state index contributed by atoms with van der Waals surface area (Å²) < 4.78 is 5.43. The van der Waals surface area contributed by atoms with Crippen molar-refractivity contribution in [2.45, 2.75) is 6.92 Å². The average Bonchev–Trinajstić information content (AvgIpc) is 3.03. The van der Waals surface area contributed by atoms with Gasteiger partial charge in [0.2, 0.25) is 0 Å². The molecule has 1 saturated heterocycles. The zero-order valence-corrected chi connectivity index (χ0v) is 12.4. The van der Waals surface area contributed by atoms with E-state index in [4.69, 9.17) is 9.72 Å². The molecule has 0 aliphatic carbocycles. The molecule has 0 spiro atoms. The van der Waals surface area contributed by atoms with Gasteiger partial charge in [-0.05, 0) is 13.0 Å². The van der Waals surface area contributed by atoms with E-state index in [2.05, 4.69) is 38.9 Å². The third-order valence-electron chi connectivity index (χ3n) is 3.85. The van der Waals surface area contributed by atoms with Crippen LogP contribution in [0.3, 0.4) is 0 Å². The lowest BCUT2D eigenvalue weighted by molar-refractivity contribution is 0.122. The Bertz CT molecular complexity index is 807. The number of ether oxygens (including phenoxy) is 1. The number of aryl methyl sites for hydroxylation is 1. The van der Waals surface area contributed by atoms with Crippen LogP contribution >= 0.6 is 0 Å². The van der Waals surface area contributed by atoms with Gasteiger partial charge >= 0.3 is 0 Å². The van der Waals surface area contributed by atoms with Gasteiger partial charge in [0.25, 0.3) is 0 Å². The highest BCUT2D eigenvalue weighted by Crippen LogP contribution is 2.26. The molecule has 1 aromatic carbocycles. The molecule has 6 nitrogen and oxygen atoms in total. The molecule has 2 aromatic heterocycles. The maximum absolute atomic E-state index is 5.43. The molecule has 0 bridgehead atoms. The summed E-state index contributed by atoms with van der Waals surface area (Å²) >= 11 is 0. The van der Waals surface area contributed by atoms with Gasteiger partial charge in [-0.2, -0.15) is 0 Å². The van der Waals surface area contributed by atoms with Crippen LogP contribution in [-0.2, 0) is 4.74 Å². The number of aromatic nitrogens is 4. The Hall–Kier alpha value is -2.47. The second-order valence-corrected chi connectivity index (χ2v) is 5.44. The van der Waals surface area contributed by atoms with Crippen LogP contribution in [-0.4, -0.2) is 46.2 Å². The van der Waals surface area contributed by atoms with Crippen LogP contribution in [0, 0.1) is 6.92 Å². The lowest BCUT2D eigenvalue weighted by atomic mass is 10.1. The fourth-order valence-electron chi connectivity index (χ4n) is 2.74. The van der Waals surface area contributed by atoms with Crippen molar-refractivity contribution >= 4 is 17.0 Å². The predicted octanol–water partition coefficient (Wildman–Crippen LogP) is 2.16. The molecule has 3 aromatic rings. The van der Waals surface area contributed by atoms with Gasteiger partial charge in [-0.15, -0.1) is 0 Å². The second kappa shape index (κ2) is 5.38. The zero-order valence-electron chi connectivity index (χ0n) is 12.4.